The Morgan fingerprint density at radius 2 is 1.76 bits per heavy atom. The van der Waals surface area contributed by atoms with E-state index in [1.165, 1.54) is 5.56 Å². The number of anilines is 1. The molecule has 1 atom stereocenters. The van der Waals surface area contributed by atoms with Crippen LogP contribution in [0.15, 0.2) is 36.4 Å². The minimum absolute atomic E-state index is 0.0756. The van der Waals surface area contributed by atoms with Crippen LogP contribution in [-0.4, -0.2) is 87.9 Å². The van der Waals surface area contributed by atoms with Crippen molar-refractivity contribution < 1.29 is 9.53 Å². The molecule has 0 N–H and O–H groups in total. The van der Waals surface area contributed by atoms with Crippen LogP contribution in [0.5, 0.6) is 5.75 Å². The zero-order valence-corrected chi connectivity index (χ0v) is 20.2. The smallest absolute Gasteiger partial charge is 0.239 e. The number of hydrogen-bond donors (Lipinski definition) is 0. The van der Waals surface area contributed by atoms with Gasteiger partial charge in [0.15, 0.2) is 11.5 Å². The van der Waals surface area contributed by atoms with E-state index in [1.54, 1.807) is 4.90 Å². The molecule has 0 radical (unpaired) electrons. The third-order valence-electron chi connectivity index (χ3n) is 7.23. The number of aromatic nitrogens is 4. The van der Waals surface area contributed by atoms with Crippen molar-refractivity contribution in [1.29, 1.82) is 0 Å². The molecular weight excluding hydrogens is 430 g/mol. The van der Waals surface area contributed by atoms with E-state index < -0.39 is 0 Å². The summed E-state index contributed by atoms with van der Waals surface area (Å²) in [6.45, 7) is 8.87. The van der Waals surface area contributed by atoms with Crippen molar-refractivity contribution in [3.8, 4) is 5.75 Å². The molecule has 0 unspecified atom stereocenters. The number of nitrogens with zero attached hydrogens (tertiary/aromatic N) is 7. The highest BCUT2D eigenvalue weighted by molar-refractivity contribution is 5.81. The molecule has 5 rings (SSSR count). The maximum absolute atomic E-state index is 12.1. The molecule has 180 valence electrons. The molecule has 0 saturated carbocycles. The van der Waals surface area contributed by atoms with Gasteiger partial charge in [0, 0.05) is 39.8 Å². The average molecular weight is 464 g/mol. The Kier molecular flexibility index (Phi) is 6.36. The highest BCUT2D eigenvalue weighted by atomic mass is 16.5. The number of ether oxygens (including phenoxy) is 1. The Morgan fingerprint density at radius 3 is 2.53 bits per heavy atom. The van der Waals surface area contributed by atoms with Gasteiger partial charge >= 0.3 is 0 Å². The van der Waals surface area contributed by atoms with Crippen LogP contribution in [-0.2, 0) is 4.79 Å². The van der Waals surface area contributed by atoms with Crippen LogP contribution in [0.25, 0.3) is 5.65 Å². The van der Waals surface area contributed by atoms with Gasteiger partial charge in [-0.25, -0.2) is 0 Å². The molecule has 0 aliphatic carbocycles. The normalized spacial score (nSPS) is 20.3. The first-order valence-electron chi connectivity index (χ1n) is 12.2. The first kappa shape index (κ1) is 22.6. The molecule has 2 aromatic heterocycles. The van der Waals surface area contributed by atoms with Crippen molar-refractivity contribution in [2.75, 3.05) is 51.3 Å². The number of piperidine rings is 1. The summed E-state index contributed by atoms with van der Waals surface area (Å²) < 4.78 is 7.79. The van der Waals surface area contributed by atoms with Gasteiger partial charge in [0.25, 0.3) is 0 Å². The molecular formula is C25H33N7O2. The summed E-state index contributed by atoms with van der Waals surface area (Å²) in [5, 5.41) is 12.9. The summed E-state index contributed by atoms with van der Waals surface area (Å²) in [5.74, 6) is 3.40. The molecule has 2 saturated heterocycles. The molecule has 0 spiro atoms. The molecule has 34 heavy (non-hydrogen) atoms. The summed E-state index contributed by atoms with van der Waals surface area (Å²) in [5.41, 5.74) is 2.15. The molecule has 1 aromatic carbocycles. The number of aryl methyl sites for hydroxylation is 1. The van der Waals surface area contributed by atoms with E-state index in [4.69, 9.17) is 9.84 Å². The Hall–Kier alpha value is -3.20. The second-order valence-corrected chi connectivity index (χ2v) is 9.36. The number of amides is 1. The SMILES string of the molecule is Cc1nnc2ccc(N3CCC(c4ccc(OCCN5CCN(C)C(=O)[C@H]5C)cc4)CC3)nn12. The molecule has 9 nitrogen and oxygen atoms in total. The third-order valence-corrected chi connectivity index (χ3v) is 7.23. The van der Waals surface area contributed by atoms with Gasteiger partial charge in [-0.05, 0) is 62.4 Å². The standard InChI is InChI=1S/C25H33N7O2/c1-18-25(33)29(3)14-15-30(18)16-17-34-22-6-4-20(5-7-22)21-10-12-31(13-11-21)24-9-8-23-27-26-19(2)32(23)28-24/h4-9,18,21H,10-17H2,1-3H3/t18-/m1/s1. The molecule has 3 aromatic rings. The zero-order valence-electron chi connectivity index (χ0n) is 20.2. The minimum atomic E-state index is -0.0756. The van der Waals surface area contributed by atoms with Gasteiger partial charge in [0.1, 0.15) is 18.2 Å². The van der Waals surface area contributed by atoms with E-state index in [2.05, 4.69) is 44.3 Å². The topological polar surface area (TPSA) is 79.1 Å². The van der Waals surface area contributed by atoms with Gasteiger partial charge in [-0.1, -0.05) is 12.1 Å². The number of carbonyl (C=O) groups is 1. The minimum Gasteiger partial charge on any atom is -0.492 e. The van der Waals surface area contributed by atoms with E-state index >= 15 is 0 Å². The fourth-order valence-electron chi connectivity index (χ4n) is 4.98. The quantitative estimate of drug-likeness (QED) is 0.555. The maximum atomic E-state index is 12.1. The number of hydrogen-bond acceptors (Lipinski definition) is 7. The van der Waals surface area contributed by atoms with Gasteiger partial charge in [-0.3, -0.25) is 9.69 Å². The Balaban J connectivity index is 1.11. The third kappa shape index (κ3) is 4.57. The van der Waals surface area contributed by atoms with E-state index in [9.17, 15) is 4.79 Å². The highest BCUT2D eigenvalue weighted by Crippen LogP contribution is 2.31. The monoisotopic (exact) mass is 463 g/mol. The number of piperazine rings is 1. The first-order chi connectivity index (χ1) is 16.5. The summed E-state index contributed by atoms with van der Waals surface area (Å²) in [4.78, 5) is 18.5. The van der Waals surface area contributed by atoms with Crippen LogP contribution >= 0.6 is 0 Å². The van der Waals surface area contributed by atoms with Crippen molar-refractivity contribution in [3.63, 3.8) is 0 Å². The Labute approximate surface area is 200 Å². The number of fused-ring (bicyclic) bond motifs is 1. The van der Waals surface area contributed by atoms with Crippen LogP contribution in [0.1, 0.15) is 37.1 Å². The first-order valence-corrected chi connectivity index (χ1v) is 12.2. The highest BCUT2D eigenvalue weighted by Gasteiger charge is 2.29. The van der Waals surface area contributed by atoms with Crippen LogP contribution in [0, 0.1) is 6.92 Å². The molecule has 9 heteroatoms. The Morgan fingerprint density at radius 1 is 1.00 bits per heavy atom. The average Bonchev–Trinajstić information content (AvgIpc) is 3.24. The van der Waals surface area contributed by atoms with Gasteiger partial charge in [-0.15, -0.1) is 15.3 Å². The van der Waals surface area contributed by atoms with Crippen molar-refractivity contribution >= 4 is 17.4 Å². The Bertz CT molecular complexity index is 1140. The largest absolute Gasteiger partial charge is 0.492 e. The maximum Gasteiger partial charge on any atom is 0.239 e. The van der Waals surface area contributed by atoms with Gasteiger partial charge in [-0.2, -0.15) is 4.52 Å². The van der Waals surface area contributed by atoms with E-state index in [-0.39, 0.29) is 11.9 Å². The molecule has 2 aliphatic rings. The number of benzene rings is 1. The summed E-state index contributed by atoms with van der Waals surface area (Å²) in [7, 11) is 1.87. The van der Waals surface area contributed by atoms with E-state index in [0.29, 0.717) is 12.5 Å². The summed E-state index contributed by atoms with van der Waals surface area (Å²) in [6, 6.07) is 12.5. The lowest BCUT2D eigenvalue weighted by Crippen LogP contribution is -2.55. The van der Waals surface area contributed by atoms with Gasteiger partial charge in [0.05, 0.1) is 6.04 Å². The van der Waals surface area contributed by atoms with Crippen LogP contribution in [0.4, 0.5) is 5.82 Å². The number of carbonyl (C=O) groups excluding carboxylic acids is 1. The molecule has 0 bridgehead atoms. The second-order valence-electron chi connectivity index (χ2n) is 9.36. The second kappa shape index (κ2) is 9.58. The van der Waals surface area contributed by atoms with Crippen LogP contribution < -0.4 is 9.64 Å². The van der Waals surface area contributed by atoms with Crippen LogP contribution in [0.2, 0.25) is 0 Å². The molecule has 2 aliphatic heterocycles. The van der Waals surface area contributed by atoms with E-state index in [0.717, 1.165) is 68.6 Å². The molecule has 1 amide bonds. The molecule has 4 heterocycles. The van der Waals surface area contributed by atoms with Crippen molar-refractivity contribution in [3.05, 3.63) is 47.8 Å². The number of rotatable bonds is 6. The van der Waals surface area contributed by atoms with Crippen molar-refractivity contribution in [2.45, 2.75) is 38.6 Å². The van der Waals surface area contributed by atoms with E-state index in [1.807, 2.05) is 37.5 Å². The van der Waals surface area contributed by atoms with Gasteiger partial charge in [0.2, 0.25) is 5.91 Å². The fourth-order valence-corrected chi connectivity index (χ4v) is 4.98. The van der Waals surface area contributed by atoms with Crippen molar-refractivity contribution in [2.24, 2.45) is 0 Å². The fraction of sp³-hybridized carbons (Fsp3) is 0.520. The molecule has 2 fully saturated rings. The predicted molar refractivity (Wildman–Crippen MR) is 130 cm³/mol. The predicted octanol–water partition coefficient (Wildman–Crippen LogP) is 2.36. The van der Waals surface area contributed by atoms with Crippen LogP contribution in [0.3, 0.4) is 0 Å². The summed E-state index contributed by atoms with van der Waals surface area (Å²) in [6.07, 6.45) is 2.19. The lowest BCUT2D eigenvalue weighted by atomic mass is 9.89. The number of likely N-dealkylation sites (N-methyl/N-ethyl adjacent to an activating group) is 1. The zero-order chi connectivity index (χ0) is 23.7. The lowest BCUT2D eigenvalue weighted by Gasteiger charge is -2.37. The van der Waals surface area contributed by atoms with Gasteiger partial charge < -0.3 is 14.5 Å². The van der Waals surface area contributed by atoms with Crippen molar-refractivity contribution in [1.82, 2.24) is 29.6 Å². The lowest BCUT2D eigenvalue weighted by molar-refractivity contribution is -0.139. The summed E-state index contributed by atoms with van der Waals surface area (Å²) >= 11 is 0.